The lowest BCUT2D eigenvalue weighted by atomic mass is 10.2. The minimum atomic E-state index is -0.658. The first-order valence-electron chi connectivity index (χ1n) is 4.29. The molecule has 0 radical (unpaired) electrons. The van der Waals surface area contributed by atoms with Gasteiger partial charge in [-0.3, -0.25) is 0 Å². The highest BCUT2D eigenvalue weighted by Crippen LogP contribution is 2.09. The van der Waals surface area contributed by atoms with Crippen molar-refractivity contribution in [3.63, 3.8) is 0 Å². The van der Waals surface area contributed by atoms with E-state index < -0.39 is 5.97 Å². The summed E-state index contributed by atoms with van der Waals surface area (Å²) in [6.45, 7) is 1.97. The first-order chi connectivity index (χ1) is 6.74. The largest absolute Gasteiger partial charge is 0.485 e. The molecule has 1 aromatic rings. The van der Waals surface area contributed by atoms with E-state index in [0.29, 0.717) is 5.56 Å². The Morgan fingerprint density at radius 3 is 2.64 bits per heavy atom. The van der Waals surface area contributed by atoms with Crippen molar-refractivity contribution in [1.82, 2.24) is 0 Å². The van der Waals surface area contributed by atoms with Crippen LogP contribution < -0.4 is 0 Å². The van der Waals surface area contributed by atoms with Gasteiger partial charge in [0, 0.05) is 12.1 Å². The van der Waals surface area contributed by atoms with Crippen molar-refractivity contribution in [2.75, 3.05) is 6.61 Å². The molecule has 0 saturated carbocycles. The van der Waals surface area contributed by atoms with Crippen LogP contribution in [0.5, 0.6) is 0 Å². The van der Waals surface area contributed by atoms with Gasteiger partial charge in [-0.1, -0.05) is 6.07 Å². The van der Waals surface area contributed by atoms with Gasteiger partial charge in [-0.25, -0.2) is 4.79 Å². The first-order valence-corrected chi connectivity index (χ1v) is 4.29. The van der Waals surface area contributed by atoms with E-state index in [0.717, 1.165) is 0 Å². The minimum Gasteiger partial charge on any atom is -0.470 e. The van der Waals surface area contributed by atoms with E-state index in [4.69, 9.17) is 0 Å². The fourth-order valence-corrected chi connectivity index (χ4v) is 0.932. The highest BCUT2D eigenvalue weighted by molar-refractivity contribution is 5.84. The van der Waals surface area contributed by atoms with Gasteiger partial charge in [-0.15, -0.1) is 0 Å². The van der Waals surface area contributed by atoms with Gasteiger partial charge in [-0.2, -0.15) is 0 Å². The lowest BCUT2D eigenvalue weighted by Crippen LogP contribution is -2.01. The molecule has 0 heterocycles. The molecule has 0 amide bonds. The summed E-state index contributed by atoms with van der Waals surface area (Å²) in [6, 6.07) is 8.71. The van der Waals surface area contributed by atoms with E-state index in [-0.39, 0.29) is 12.4 Å². The molecule has 0 bridgehead atoms. The molecule has 0 aromatic heterocycles. The average molecular weight is 191 g/mol. The molecule has 0 fully saturated rings. The Bertz CT molecular complexity index is 328. The molecule has 0 aliphatic carbocycles. The van der Waals surface area contributed by atoms with Gasteiger partial charge < -0.3 is 9.84 Å². The van der Waals surface area contributed by atoms with Crippen LogP contribution in [0.2, 0.25) is 0 Å². The molecule has 1 rings (SSSR count). The molecule has 0 atom stereocenters. The van der Waals surface area contributed by atoms with E-state index in [2.05, 4.69) is 10.8 Å². The van der Waals surface area contributed by atoms with Crippen LogP contribution in [0, 0.1) is 6.08 Å². The van der Waals surface area contributed by atoms with Crippen molar-refractivity contribution in [2.24, 2.45) is 0 Å². The minimum absolute atomic E-state index is 0.205. The van der Waals surface area contributed by atoms with Gasteiger partial charge in [0.1, 0.15) is 0 Å². The monoisotopic (exact) mass is 191 g/mol. The predicted molar refractivity (Wildman–Crippen MR) is 52.4 cm³/mol. The van der Waals surface area contributed by atoms with Crippen molar-refractivity contribution in [1.29, 1.82) is 0 Å². The molecule has 3 nitrogen and oxygen atoms in total. The molecule has 14 heavy (non-hydrogen) atoms. The van der Waals surface area contributed by atoms with Gasteiger partial charge in [0.2, 0.25) is 6.08 Å². The van der Waals surface area contributed by atoms with E-state index in [1.807, 2.05) is 6.07 Å². The topological polar surface area (TPSA) is 46.5 Å². The van der Waals surface area contributed by atoms with Crippen LogP contribution in [-0.2, 0) is 9.53 Å². The second kappa shape index (κ2) is 5.00. The zero-order valence-electron chi connectivity index (χ0n) is 7.86. The second-order valence-corrected chi connectivity index (χ2v) is 2.56. The van der Waals surface area contributed by atoms with Crippen LogP contribution in [0.4, 0.5) is 0 Å². The summed E-state index contributed by atoms with van der Waals surface area (Å²) in [5.41, 5.74) is 0.542. The second-order valence-electron chi connectivity index (χ2n) is 2.56. The first kappa shape index (κ1) is 10.2. The molecule has 1 N–H and O–H groups in total. The molecule has 3 heteroatoms. The number of benzene rings is 1. The van der Waals surface area contributed by atoms with E-state index in [1.165, 1.54) is 0 Å². The van der Waals surface area contributed by atoms with E-state index in [1.54, 1.807) is 31.2 Å². The van der Waals surface area contributed by atoms with Gasteiger partial charge in [0.25, 0.3) is 0 Å². The zero-order valence-corrected chi connectivity index (χ0v) is 7.86. The van der Waals surface area contributed by atoms with Crippen LogP contribution >= 0.6 is 0 Å². The quantitative estimate of drug-likeness (QED) is 0.344. The van der Waals surface area contributed by atoms with Crippen molar-refractivity contribution < 1.29 is 14.6 Å². The molecule has 0 aliphatic heterocycles. The molecular weight excluding hydrogens is 180 g/mol. The number of aliphatic hydroxyl groups excluding tert-OH is 1. The third-order valence-electron chi connectivity index (χ3n) is 1.54. The summed E-state index contributed by atoms with van der Waals surface area (Å²) in [5.74, 6) is -0.863. The van der Waals surface area contributed by atoms with Gasteiger partial charge in [0.05, 0.1) is 6.61 Å². The standard InChI is InChI=1S/C11H10O3/c1-2-14-11(13)8-10(12)9-6-4-3-5-7-9/h3-7H,2H2,1H3/p+1. The Hall–Kier alpha value is -1.86. The molecule has 0 saturated heterocycles. The molecular formula is C11H11O3+. The fraction of sp³-hybridized carbons (Fsp3) is 0.182. The van der Waals surface area contributed by atoms with Crippen molar-refractivity contribution >= 4 is 11.7 Å². The smallest absolute Gasteiger partial charge is 0.470 e. The highest BCUT2D eigenvalue weighted by atomic mass is 16.5. The maximum atomic E-state index is 10.9. The number of hydrogen-bond donors (Lipinski definition) is 1. The highest BCUT2D eigenvalue weighted by Gasteiger charge is 2.16. The van der Waals surface area contributed by atoms with Gasteiger partial charge in [-0.05, 0) is 19.1 Å². The zero-order chi connectivity index (χ0) is 10.4. The number of aliphatic hydroxyl groups is 1. The number of carbonyl (C=O) groups is 1. The Labute approximate surface area is 82.6 Å². The summed E-state index contributed by atoms with van der Waals surface area (Å²) in [5, 5.41) is 9.42. The van der Waals surface area contributed by atoms with Crippen molar-refractivity contribution in [2.45, 2.75) is 6.92 Å². The Kier molecular flexibility index (Phi) is 3.65. The predicted octanol–water partition coefficient (Wildman–Crippen LogP) is 1.95. The molecule has 1 aromatic carbocycles. The summed E-state index contributed by atoms with van der Waals surface area (Å²) in [6.07, 6.45) is 2.21. The maximum Gasteiger partial charge on any atom is 0.485 e. The average Bonchev–Trinajstić information content (AvgIpc) is 2.19. The third kappa shape index (κ3) is 2.88. The van der Waals surface area contributed by atoms with Crippen LogP contribution in [0.15, 0.2) is 30.3 Å². The summed E-state index contributed by atoms with van der Waals surface area (Å²) < 4.78 is 4.60. The Balaban J connectivity index is 2.75. The third-order valence-corrected chi connectivity index (χ3v) is 1.54. The van der Waals surface area contributed by atoms with Crippen LogP contribution in [-0.4, -0.2) is 17.7 Å². The van der Waals surface area contributed by atoms with Crippen molar-refractivity contribution in [3.8, 4) is 0 Å². The van der Waals surface area contributed by atoms with Gasteiger partial charge in [0.15, 0.2) is 5.56 Å². The lowest BCUT2D eigenvalue weighted by molar-refractivity contribution is -0.138. The number of ether oxygens (including phenoxy) is 1. The molecule has 0 aliphatic rings. The molecule has 72 valence electrons. The number of rotatable bonds is 3. The summed E-state index contributed by atoms with van der Waals surface area (Å²) in [7, 11) is 0. The van der Waals surface area contributed by atoms with E-state index in [9.17, 15) is 9.90 Å². The Morgan fingerprint density at radius 1 is 1.43 bits per heavy atom. The molecule has 0 unspecified atom stereocenters. The molecule has 0 spiro atoms. The Morgan fingerprint density at radius 2 is 2.07 bits per heavy atom. The summed E-state index contributed by atoms with van der Waals surface area (Å²) in [4.78, 5) is 10.9. The van der Waals surface area contributed by atoms with Gasteiger partial charge >= 0.3 is 11.7 Å². The number of carbonyl (C=O) groups excluding carboxylic acids is 1. The van der Waals surface area contributed by atoms with Crippen molar-refractivity contribution in [3.05, 3.63) is 42.0 Å². The van der Waals surface area contributed by atoms with Crippen LogP contribution in [0.1, 0.15) is 12.5 Å². The summed E-state index contributed by atoms with van der Waals surface area (Å²) >= 11 is 0. The SMILES string of the molecule is CCOC(=O)[C+]=C(O)c1ccccc1. The maximum absolute atomic E-state index is 10.9. The number of hydrogen-bond acceptors (Lipinski definition) is 3. The fourth-order valence-electron chi connectivity index (χ4n) is 0.932. The lowest BCUT2D eigenvalue weighted by Gasteiger charge is -1.89. The van der Waals surface area contributed by atoms with E-state index >= 15 is 0 Å². The number of esters is 1. The normalized spacial score (nSPS) is 10.5. The van der Waals surface area contributed by atoms with Crippen LogP contribution in [0.3, 0.4) is 0 Å². The van der Waals surface area contributed by atoms with Crippen LogP contribution in [0.25, 0.3) is 5.76 Å².